The van der Waals surface area contributed by atoms with Crippen molar-refractivity contribution >= 4 is 28.1 Å². The molecule has 1 aliphatic rings. The summed E-state index contributed by atoms with van der Waals surface area (Å²) in [6.07, 6.45) is 0.654. The topological polar surface area (TPSA) is 87.6 Å². The number of nitrogens with one attached hydrogen (secondary N) is 1. The molecular weight excluding hydrogens is 444 g/mol. The summed E-state index contributed by atoms with van der Waals surface area (Å²) < 4.78 is 27.7. The van der Waals surface area contributed by atoms with E-state index in [1.807, 2.05) is 0 Å². The van der Waals surface area contributed by atoms with Crippen LogP contribution in [0.1, 0.15) is 17.2 Å². The summed E-state index contributed by atoms with van der Waals surface area (Å²) in [6, 6.07) is 8.79. The summed E-state index contributed by atoms with van der Waals surface area (Å²) in [5, 5.41) is 4.02. The molecule has 8 nitrogen and oxygen atoms in total. The average Bonchev–Trinajstić information content (AvgIpc) is 2.73. The highest BCUT2D eigenvalue weighted by Crippen LogP contribution is 2.36. The minimum Gasteiger partial charge on any atom is -0.493 e. The van der Waals surface area contributed by atoms with Crippen LogP contribution in [0.4, 0.5) is 0 Å². The van der Waals surface area contributed by atoms with E-state index in [4.69, 9.17) is 23.7 Å². The molecular formula is C20H21BrN2O6. The van der Waals surface area contributed by atoms with E-state index in [1.54, 1.807) is 44.6 Å². The highest BCUT2D eigenvalue weighted by atomic mass is 79.9. The Morgan fingerprint density at radius 2 is 1.90 bits per heavy atom. The van der Waals surface area contributed by atoms with Crippen LogP contribution in [0.5, 0.6) is 23.0 Å². The van der Waals surface area contributed by atoms with E-state index in [9.17, 15) is 4.79 Å². The molecule has 1 unspecified atom stereocenters. The maximum absolute atomic E-state index is 12.5. The molecule has 2 aromatic rings. The monoisotopic (exact) mass is 464 g/mol. The predicted octanol–water partition coefficient (Wildman–Crippen LogP) is 3.08. The van der Waals surface area contributed by atoms with Crippen LogP contribution in [0.15, 0.2) is 39.9 Å². The second-order valence-corrected chi connectivity index (χ2v) is 6.85. The van der Waals surface area contributed by atoms with Crippen molar-refractivity contribution in [2.45, 2.75) is 6.10 Å². The van der Waals surface area contributed by atoms with Gasteiger partial charge >= 0.3 is 0 Å². The van der Waals surface area contributed by atoms with Gasteiger partial charge in [0.05, 0.1) is 24.9 Å². The van der Waals surface area contributed by atoms with Crippen LogP contribution in [0.2, 0.25) is 0 Å². The van der Waals surface area contributed by atoms with Crippen molar-refractivity contribution in [1.82, 2.24) is 5.43 Å². The second kappa shape index (κ2) is 9.62. The van der Waals surface area contributed by atoms with Crippen LogP contribution in [0.3, 0.4) is 0 Å². The van der Waals surface area contributed by atoms with Crippen molar-refractivity contribution in [2.24, 2.45) is 5.10 Å². The van der Waals surface area contributed by atoms with Crippen molar-refractivity contribution in [3.05, 3.63) is 45.9 Å². The Kier molecular flexibility index (Phi) is 6.95. The van der Waals surface area contributed by atoms with E-state index in [0.29, 0.717) is 51.8 Å². The molecule has 154 valence electrons. The predicted molar refractivity (Wildman–Crippen MR) is 110 cm³/mol. The maximum Gasteiger partial charge on any atom is 0.273 e. The Balaban J connectivity index is 1.71. The Hall–Kier alpha value is -2.78. The summed E-state index contributed by atoms with van der Waals surface area (Å²) >= 11 is 3.42. The first-order valence-electron chi connectivity index (χ1n) is 8.74. The number of carbonyl (C=O) groups is 1. The van der Waals surface area contributed by atoms with Gasteiger partial charge in [0.25, 0.3) is 5.91 Å². The third-order valence-corrected chi connectivity index (χ3v) is 4.78. The quantitative estimate of drug-likeness (QED) is 0.500. The summed E-state index contributed by atoms with van der Waals surface area (Å²) in [4.78, 5) is 12.5. The molecule has 1 amide bonds. The van der Waals surface area contributed by atoms with Crippen LogP contribution < -0.4 is 24.4 Å². The molecule has 0 saturated carbocycles. The largest absolute Gasteiger partial charge is 0.493 e. The van der Waals surface area contributed by atoms with Gasteiger partial charge in [-0.05, 0) is 51.3 Å². The van der Waals surface area contributed by atoms with E-state index in [2.05, 4.69) is 26.5 Å². The smallest absolute Gasteiger partial charge is 0.273 e. The van der Waals surface area contributed by atoms with Gasteiger partial charge in [0.15, 0.2) is 29.1 Å². The zero-order valence-corrected chi connectivity index (χ0v) is 17.8. The molecule has 0 radical (unpaired) electrons. The van der Waals surface area contributed by atoms with Crippen LogP contribution in [-0.2, 0) is 9.53 Å². The minimum absolute atomic E-state index is 0.417. The number of hydrazone groups is 1. The van der Waals surface area contributed by atoms with E-state index < -0.39 is 12.0 Å². The van der Waals surface area contributed by atoms with Gasteiger partial charge in [-0.1, -0.05) is 6.07 Å². The highest BCUT2D eigenvalue weighted by molar-refractivity contribution is 9.10. The first-order valence-corrected chi connectivity index (χ1v) is 9.53. The Morgan fingerprint density at radius 1 is 1.14 bits per heavy atom. The van der Waals surface area contributed by atoms with Crippen LogP contribution in [-0.4, -0.2) is 46.7 Å². The number of ether oxygens (including phenoxy) is 5. The standard InChI is InChI=1S/C20H21BrN2O6/c1-25-17-9-12(8-14(21)19(17)27-3)11-22-23-20(24)18(26-2)13-4-5-15-16(10-13)29-7-6-28-15/h4-5,8-11,18H,6-7H2,1-3H3,(H,23,24)/b22-11+. The lowest BCUT2D eigenvalue weighted by molar-refractivity contribution is -0.131. The summed E-state index contributed by atoms with van der Waals surface area (Å²) in [6.45, 7) is 0.965. The van der Waals surface area contributed by atoms with Gasteiger partial charge in [0.1, 0.15) is 13.2 Å². The fourth-order valence-electron chi connectivity index (χ4n) is 2.86. The number of benzene rings is 2. The molecule has 29 heavy (non-hydrogen) atoms. The average molecular weight is 465 g/mol. The molecule has 0 bridgehead atoms. The van der Waals surface area contributed by atoms with Gasteiger partial charge in [0, 0.05) is 7.11 Å². The number of fused-ring (bicyclic) bond motifs is 1. The van der Waals surface area contributed by atoms with E-state index in [-0.39, 0.29) is 0 Å². The van der Waals surface area contributed by atoms with Gasteiger partial charge in [0.2, 0.25) is 0 Å². The zero-order chi connectivity index (χ0) is 20.8. The first-order chi connectivity index (χ1) is 14.1. The molecule has 9 heteroatoms. The van der Waals surface area contributed by atoms with Crippen molar-refractivity contribution in [1.29, 1.82) is 0 Å². The number of carbonyl (C=O) groups excluding carboxylic acids is 1. The third kappa shape index (κ3) is 4.80. The van der Waals surface area contributed by atoms with Gasteiger partial charge in [-0.3, -0.25) is 4.79 Å². The number of amides is 1. The van der Waals surface area contributed by atoms with Crippen LogP contribution in [0, 0.1) is 0 Å². The lowest BCUT2D eigenvalue weighted by Crippen LogP contribution is -2.27. The van der Waals surface area contributed by atoms with E-state index >= 15 is 0 Å². The zero-order valence-electron chi connectivity index (χ0n) is 16.2. The van der Waals surface area contributed by atoms with Gasteiger partial charge in [-0.2, -0.15) is 5.10 Å². The first kappa shape index (κ1) is 20.9. The maximum atomic E-state index is 12.5. The van der Waals surface area contributed by atoms with Crippen LogP contribution >= 0.6 is 15.9 Å². The summed E-state index contributed by atoms with van der Waals surface area (Å²) in [5.41, 5.74) is 3.84. The number of nitrogens with zero attached hydrogens (tertiary/aromatic N) is 1. The normalized spacial score (nSPS) is 13.8. The van der Waals surface area contributed by atoms with Gasteiger partial charge in [-0.25, -0.2) is 5.43 Å². The van der Waals surface area contributed by atoms with E-state index in [1.165, 1.54) is 13.3 Å². The lowest BCUT2D eigenvalue weighted by Gasteiger charge is -2.20. The SMILES string of the molecule is COc1cc(/C=N/NC(=O)C(OC)c2ccc3c(c2)OCCO3)cc(Br)c1OC. The fourth-order valence-corrected chi connectivity index (χ4v) is 3.48. The van der Waals surface area contributed by atoms with Crippen molar-refractivity contribution in [3.63, 3.8) is 0 Å². The van der Waals surface area contributed by atoms with Crippen molar-refractivity contribution in [3.8, 4) is 23.0 Å². The van der Waals surface area contributed by atoms with Crippen molar-refractivity contribution in [2.75, 3.05) is 34.5 Å². The molecule has 0 aromatic heterocycles. The Labute approximate surface area is 176 Å². The third-order valence-electron chi connectivity index (χ3n) is 4.19. The molecule has 0 fully saturated rings. The molecule has 0 saturated heterocycles. The number of hydrogen-bond donors (Lipinski definition) is 1. The van der Waals surface area contributed by atoms with Gasteiger partial charge < -0.3 is 23.7 Å². The lowest BCUT2D eigenvalue weighted by atomic mass is 10.1. The second-order valence-electron chi connectivity index (χ2n) is 5.99. The molecule has 1 aliphatic heterocycles. The molecule has 1 heterocycles. The Morgan fingerprint density at radius 3 is 2.59 bits per heavy atom. The fraction of sp³-hybridized carbons (Fsp3) is 0.300. The number of halogens is 1. The molecule has 2 aromatic carbocycles. The Bertz CT molecular complexity index is 918. The molecule has 1 atom stereocenters. The minimum atomic E-state index is -0.847. The summed E-state index contributed by atoms with van der Waals surface area (Å²) in [7, 11) is 4.55. The molecule has 0 spiro atoms. The number of methoxy groups -OCH3 is 3. The molecule has 1 N–H and O–H groups in total. The highest BCUT2D eigenvalue weighted by Gasteiger charge is 2.22. The molecule has 3 rings (SSSR count). The van der Waals surface area contributed by atoms with Crippen LogP contribution in [0.25, 0.3) is 0 Å². The summed E-state index contributed by atoms with van der Waals surface area (Å²) in [5.74, 6) is 1.93. The number of hydrogen-bond acceptors (Lipinski definition) is 7. The van der Waals surface area contributed by atoms with Gasteiger partial charge in [-0.15, -0.1) is 0 Å². The van der Waals surface area contributed by atoms with E-state index in [0.717, 1.165) is 0 Å². The molecule has 0 aliphatic carbocycles. The van der Waals surface area contributed by atoms with Crippen molar-refractivity contribution < 1.29 is 28.5 Å². The number of rotatable bonds is 7.